The van der Waals surface area contributed by atoms with Crippen molar-refractivity contribution in [1.82, 2.24) is 4.73 Å². The summed E-state index contributed by atoms with van der Waals surface area (Å²) in [6.45, 7) is 0.508. The summed E-state index contributed by atoms with van der Waals surface area (Å²) >= 11 is 0. The van der Waals surface area contributed by atoms with Crippen molar-refractivity contribution >= 4 is 11.8 Å². The summed E-state index contributed by atoms with van der Waals surface area (Å²) in [4.78, 5) is 16.9. The van der Waals surface area contributed by atoms with Crippen LogP contribution in [0.15, 0.2) is 36.4 Å². The first-order valence-electron chi connectivity index (χ1n) is 5.85. The van der Waals surface area contributed by atoms with Gasteiger partial charge in [-0.05, 0) is 5.56 Å². The van der Waals surface area contributed by atoms with Gasteiger partial charge in [0.15, 0.2) is 0 Å². The average Bonchev–Trinajstić information content (AvgIpc) is 2.67. The van der Waals surface area contributed by atoms with Crippen molar-refractivity contribution in [3.63, 3.8) is 0 Å². The minimum atomic E-state index is -1.14. The number of rotatable bonds is 4. The Bertz CT molecular complexity index is 610. The van der Waals surface area contributed by atoms with Crippen LogP contribution in [-0.4, -0.2) is 28.1 Å². The Hall–Kier alpha value is -2.83. The molecule has 1 heterocycles. The van der Waals surface area contributed by atoms with Crippen LogP contribution in [-0.2, 0) is 6.54 Å². The fraction of sp³-hybridized carbons (Fsp3) is 0.154. The number of anilines is 1. The van der Waals surface area contributed by atoms with Crippen molar-refractivity contribution in [2.45, 2.75) is 6.54 Å². The predicted octanol–water partition coefficient (Wildman–Crippen LogP) is 1.04. The van der Waals surface area contributed by atoms with Gasteiger partial charge in [-0.25, -0.2) is 4.79 Å². The zero-order chi connectivity index (χ0) is 14.7. The Labute approximate surface area is 115 Å². The molecule has 0 saturated carbocycles. The highest BCUT2D eigenvalue weighted by atomic mass is 16.7. The van der Waals surface area contributed by atoms with Crippen molar-refractivity contribution in [2.24, 2.45) is 5.73 Å². The zero-order valence-electron chi connectivity index (χ0n) is 10.9. The molecule has 0 radical (unpaired) electrons. The van der Waals surface area contributed by atoms with E-state index in [1.54, 1.807) is 11.9 Å². The molecule has 2 rings (SSSR count). The van der Waals surface area contributed by atoms with Gasteiger partial charge in [-0.3, -0.25) is 0 Å². The normalized spacial score (nSPS) is 10.2. The number of primary amides is 1. The van der Waals surface area contributed by atoms with Crippen molar-refractivity contribution in [2.75, 3.05) is 11.9 Å². The van der Waals surface area contributed by atoms with Crippen LogP contribution in [0.1, 0.15) is 5.56 Å². The predicted molar refractivity (Wildman–Crippen MR) is 72.5 cm³/mol. The molecule has 0 unspecified atom stereocenters. The summed E-state index contributed by atoms with van der Waals surface area (Å²) in [5, 5.41) is 19.6. The maximum absolute atomic E-state index is 10.7. The lowest BCUT2D eigenvalue weighted by Gasteiger charge is -2.18. The van der Waals surface area contributed by atoms with Gasteiger partial charge in [0, 0.05) is 19.7 Å². The molecule has 0 aliphatic rings. The first-order valence-corrected chi connectivity index (χ1v) is 5.85. The van der Waals surface area contributed by atoms with Crippen molar-refractivity contribution in [1.29, 1.82) is 0 Å². The van der Waals surface area contributed by atoms with E-state index >= 15 is 0 Å². The molecule has 0 saturated heterocycles. The molecule has 0 bridgehead atoms. The Kier molecular flexibility index (Phi) is 3.69. The molecule has 20 heavy (non-hydrogen) atoms. The molecule has 0 aliphatic carbocycles. The fourth-order valence-electron chi connectivity index (χ4n) is 1.86. The van der Waals surface area contributed by atoms with Gasteiger partial charge >= 0.3 is 6.09 Å². The second kappa shape index (κ2) is 5.43. The monoisotopic (exact) mass is 277 g/mol. The van der Waals surface area contributed by atoms with Gasteiger partial charge in [0.05, 0.1) is 0 Å². The SMILES string of the molecule is CN(Cc1ccccc1)c1cc(O)n(OC(N)=O)c1O. The van der Waals surface area contributed by atoms with Crippen LogP contribution in [0, 0.1) is 0 Å². The topological polar surface area (TPSA) is 101 Å². The quantitative estimate of drug-likeness (QED) is 0.775. The number of nitrogens with two attached hydrogens (primary N) is 1. The molecule has 0 fully saturated rings. The summed E-state index contributed by atoms with van der Waals surface area (Å²) in [5.74, 6) is -0.823. The number of carbonyl (C=O) groups is 1. The Morgan fingerprint density at radius 1 is 1.35 bits per heavy atom. The highest BCUT2D eigenvalue weighted by Gasteiger charge is 2.19. The van der Waals surface area contributed by atoms with Gasteiger partial charge in [-0.15, -0.1) is 4.73 Å². The Morgan fingerprint density at radius 2 is 2.00 bits per heavy atom. The number of aromatic nitrogens is 1. The highest BCUT2D eigenvalue weighted by Crippen LogP contribution is 2.34. The minimum absolute atomic E-state index is 0.313. The number of amides is 1. The van der Waals surface area contributed by atoms with E-state index in [0.717, 1.165) is 5.56 Å². The highest BCUT2D eigenvalue weighted by molar-refractivity contribution is 5.66. The van der Waals surface area contributed by atoms with E-state index in [1.165, 1.54) is 6.07 Å². The van der Waals surface area contributed by atoms with Gasteiger partial charge in [-0.1, -0.05) is 30.3 Å². The van der Waals surface area contributed by atoms with Crippen LogP contribution in [0.5, 0.6) is 11.8 Å². The van der Waals surface area contributed by atoms with Crippen LogP contribution < -0.4 is 15.5 Å². The molecule has 7 heteroatoms. The molecule has 1 aromatic heterocycles. The zero-order valence-corrected chi connectivity index (χ0v) is 10.9. The van der Waals surface area contributed by atoms with E-state index in [2.05, 4.69) is 4.84 Å². The van der Waals surface area contributed by atoms with Crippen LogP contribution in [0.25, 0.3) is 0 Å². The van der Waals surface area contributed by atoms with Crippen molar-refractivity contribution in [3.8, 4) is 11.8 Å². The molecule has 106 valence electrons. The molecule has 4 N–H and O–H groups in total. The number of carbonyl (C=O) groups excluding carboxylic acids is 1. The maximum atomic E-state index is 10.7. The number of benzene rings is 1. The van der Waals surface area contributed by atoms with E-state index < -0.39 is 17.9 Å². The lowest BCUT2D eigenvalue weighted by atomic mass is 10.2. The summed E-state index contributed by atoms with van der Waals surface area (Å²) in [6.07, 6.45) is -1.14. The van der Waals surface area contributed by atoms with Crippen molar-refractivity contribution in [3.05, 3.63) is 42.0 Å². The summed E-state index contributed by atoms with van der Waals surface area (Å²) in [7, 11) is 1.73. The third-order valence-electron chi connectivity index (χ3n) is 2.75. The molecule has 0 spiro atoms. The number of nitrogens with zero attached hydrogens (tertiary/aromatic N) is 2. The number of aromatic hydroxyl groups is 2. The van der Waals surface area contributed by atoms with Crippen LogP contribution >= 0.6 is 0 Å². The molecular formula is C13H15N3O4. The maximum Gasteiger partial charge on any atom is 0.429 e. The van der Waals surface area contributed by atoms with Gasteiger partial charge in [0.1, 0.15) is 5.69 Å². The Balaban J connectivity index is 2.22. The molecule has 2 aromatic rings. The third-order valence-corrected chi connectivity index (χ3v) is 2.75. The standard InChI is InChI=1S/C13H15N3O4/c1-15(8-9-5-3-2-4-6-9)10-7-11(17)16(12(10)18)20-13(14)19/h2-7,17-18H,8H2,1H3,(H2,14,19). The molecule has 7 nitrogen and oxygen atoms in total. The number of hydrogen-bond donors (Lipinski definition) is 3. The Morgan fingerprint density at radius 3 is 2.60 bits per heavy atom. The molecular weight excluding hydrogens is 262 g/mol. The van der Waals surface area contributed by atoms with Crippen LogP contribution in [0.4, 0.5) is 10.5 Å². The number of hydrogen-bond acceptors (Lipinski definition) is 5. The van der Waals surface area contributed by atoms with Gasteiger partial charge < -0.3 is 25.7 Å². The average molecular weight is 277 g/mol. The van der Waals surface area contributed by atoms with Gasteiger partial charge in [0.2, 0.25) is 5.88 Å². The lowest BCUT2D eigenvalue weighted by Crippen LogP contribution is -2.25. The summed E-state index contributed by atoms with van der Waals surface area (Å²) in [5.41, 5.74) is 6.19. The minimum Gasteiger partial charge on any atom is -0.492 e. The summed E-state index contributed by atoms with van der Waals surface area (Å²) in [6, 6.07) is 10.9. The first-order chi connectivity index (χ1) is 9.49. The second-order valence-electron chi connectivity index (χ2n) is 4.26. The third kappa shape index (κ3) is 2.77. The molecule has 1 aromatic carbocycles. The van der Waals surface area contributed by atoms with Crippen LogP contribution in [0.2, 0.25) is 0 Å². The van der Waals surface area contributed by atoms with Gasteiger partial charge in [-0.2, -0.15) is 0 Å². The van der Waals surface area contributed by atoms with E-state index in [1.807, 2.05) is 30.3 Å². The van der Waals surface area contributed by atoms with E-state index in [0.29, 0.717) is 17.0 Å². The molecule has 1 amide bonds. The molecule has 0 atom stereocenters. The summed E-state index contributed by atoms with van der Waals surface area (Å²) < 4.78 is 0.569. The molecule has 0 aliphatic heterocycles. The van der Waals surface area contributed by atoms with E-state index in [9.17, 15) is 15.0 Å². The lowest BCUT2D eigenvalue weighted by molar-refractivity contribution is 0.117. The first kappa shape index (κ1) is 13.6. The van der Waals surface area contributed by atoms with Crippen LogP contribution in [0.3, 0.4) is 0 Å². The van der Waals surface area contributed by atoms with Gasteiger partial charge in [0.25, 0.3) is 5.88 Å². The fourth-order valence-corrected chi connectivity index (χ4v) is 1.86. The second-order valence-corrected chi connectivity index (χ2v) is 4.26. The van der Waals surface area contributed by atoms with E-state index in [4.69, 9.17) is 5.73 Å². The smallest absolute Gasteiger partial charge is 0.429 e. The van der Waals surface area contributed by atoms with Crippen molar-refractivity contribution < 1.29 is 19.8 Å². The largest absolute Gasteiger partial charge is 0.492 e. The van der Waals surface area contributed by atoms with E-state index in [-0.39, 0.29) is 0 Å².